The molecule has 0 aliphatic heterocycles. The van der Waals surface area contributed by atoms with Crippen LogP contribution >= 0.6 is 24.8 Å². The van der Waals surface area contributed by atoms with E-state index in [9.17, 15) is 0 Å². The van der Waals surface area contributed by atoms with E-state index in [1.807, 2.05) is 0 Å². The van der Waals surface area contributed by atoms with Crippen molar-refractivity contribution in [2.24, 2.45) is 0 Å². The Morgan fingerprint density at radius 2 is 0.333 bits per heavy atom. The molecule has 0 aliphatic rings. The van der Waals surface area contributed by atoms with Crippen LogP contribution in [0.15, 0.2) is 0 Å². The first-order valence-electron chi connectivity index (χ1n) is 0. The first-order chi connectivity index (χ1) is 0. The van der Waals surface area contributed by atoms with Gasteiger partial charge in [-0.1, -0.05) is 0 Å². The summed E-state index contributed by atoms with van der Waals surface area (Å²) in [6.07, 6.45) is 0. The predicted molar refractivity (Wildman–Crippen MR) is 60.5 cm³/mol. The van der Waals surface area contributed by atoms with E-state index in [-0.39, 0.29) is 129 Å². The minimum atomic E-state index is 0. The molecule has 12 heavy (non-hydrogen) atoms. The van der Waals surface area contributed by atoms with Crippen molar-refractivity contribution in [2.75, 3.05) is 0 Å². The zero-order valence-corrected chi connectivity index (χ0v) is 6.45. The van der Waals surface area contributed by atoms with Gasteiger partial charge in [0.2, 0.25) is 0 Å². The predicted octanol–water partition coefficient (Wildman–Crippen LogP) is -7.59. The van der Waals surface area contributed by atoms with Crippen LogP contribution in [0.5, 0.6) is 0 Å². The molecular weight excluding hydrogens is 263 g/mol. The van der Waals surface area contributed by atoms with Crippen molar-refractivity contribution in [3.8, 4) is 0 Å². The second kappa shape index (κ2) is 384. The largest absolute Gasteiger partial charge is 0.316 e. The van der Waals surface area contributed by atoms with E-state index < -0.39 is 0 Å². The maximum absolute atomic E-state index is 0. The molecule has 0 aromatic carbocycles. The molecule has 0 bridgehead atoms. The molecule has 0 atom stereocenters. The monoisotopic (exact) mass is 284 g/mol. The average Bonchev–Trinajstić information content (AvgIpc) is 0. The molecular formula is H22CaCl2MgO8. The topological polar surface area (TPSA) is 252 Å². The fourth-order valence-corrected chi connectivity index (χ4v) is 0. The molecule has 88 valence electrons. The summed E-state index contributed by atoms with van der Waals surface area (Å²) in [4.78, 5) is 0. The molecule has 12 heteroatoms. The first-order valence-corrected chi connectivity index (χ1v) is 0. The van der Waals surface area contributed by atoms with Crippen LogP contribution in [0.1, 0.15) is 0 Å². The molecule has 0 aliphatic carbocycles. The number of halogens is 2. The van der Waals surface area contributed by atoms with Crippen LogP contribution in [0.25, 0.3) is 0 Å². The van der Waals surface area contributed by atoms with Gasteiger partial charge in [0.1, 0.15) is 0 Å². The summed E-state index contributed by atoms with van der Waals surface area (Å²) in [7, 11) is 0. The first kappa shape index (κ1) is 483. The second-order valence-corrected chi connectivity index (χ2v) is 0. The van der Waals surface area contributed by atoms with Crippen molar-refractivity contribution in [2.45, 2.75) is 0 Å². The zero-order valence-electron chi connectivity index (χ0n) is 4.82. The van der Waals surface area contributed by atoms with Gasteiger partial charge in [0.15, 0.2) is 0 Å². The summed E-state index contributed by atoms with van der Waals surface area (Å²) >= 11 is 0. The van der Waals surface area contributed by atoms with E-state index in [1.54, 1.807) is 0 Å². The van der Waals surface area contributed by atoms with Crippen molar-refractivity contribution < 1.29 is 43.8 Å². The smallest absolute Gasteiger partial charge is 0.316 e. The number of rotatable bonds is 0. The van der Waals surface area contributed by atoms with Crippen LogP contribution in [0, 0.1) is 0 Å². The summed E-state index contributed by atoms with van der Waals surface area (Å²) in [6.45, 7) is 0. The van der Waals surface area contributed by atoms with Gasteiger partial charge in [0, 0.05) is 0 Å². The second-order valence-electron chi connectivity index (χ2n) is 0. The van der Waals surface area contributed by atoms with E-state index in [0.717, 1.165) is 0 Å². The molecule has 0 aromatic heterocycles. The zero-order chi connectivity index (χ0) is 0. The third-order valence-electron chi connectivity index (χ3n) is 0. The van der Waals surface area contributed by atoms with Crippen molar-refractivity contribution >= 4 is 85.6 Å². The van der Waals surface area contributed by atoms with Gasteiger partial charge < -0.3 is 43.8 Å². The van der Waals surface area contributed by atoms with E-state index in [2.05, 4.69) is 0 Å². The van der Waals surface area contributed by atoms with Gasteiger partial charge in [-0.2, -0.15) is 0 Å². The van der Waals surface area contributed by atoms with Gasteiger partial charge in [0.05, 0.1) is 0 Å². The molecule has 0 radical (unpaired) electrons. The van der Waals surface area contributed by atoms with Crippen LogP contribution in [-0.2, 0) is 0 Å². The Morgan fingerprint density at radius 1 is 0.333 bits per heavy atom. The quantitative estimate of drug-likeness (QED) is 0.375. The molecule has 0 unspecified atom stereocenters. The molecule has 8 nitrogen and oxygen atoms in total. The van der Waals surface area contributed by atoms with Crippen LogP contribution in [0.3, 0.4) is 0 Å². The number of hydrogen-bond donors (Lipinski definition) is 0. The minimum absolute atomic E-state index is 0. The average molecular weight is 285 g/mol. The van der Waals surface area contributed by atoms with E-state index in [1.165, 1.54) is 0 Å². The van der Waals surface area contributed by atoms with Crippen LogP contribution < -0.4 is 0 Å². The van der Waals surface area contributed by atoms with Crippen molar-refractivity contribution in [3.63, 3.8) is 0 Å². The molecule has 0 rings (SSSR count). The standard InChI is InChI=1S/Ca.2ClH.Mg.8H2O.4H/h;2*1H;;8*1H2;;;;. The Hall–Kier alpha value is 2.29. The van der Waals surface area contributed by atoms with Gasteiger partial charge in [-0.25, -0.2) is 0 Å². The Bertz CT molecular complexity index is 17.0. The van der Waals surface area contributed by atoms with Gasteiger partial charge in [0.25, 0.3) is 0 Å². The van der Waals surface area contributed by atoms with Gasteiger partial charge in [-0.15, -0.1) is 24.8 Å². The molecule has 0 amide bonds. The van der Waals surface area contributed by atoms with E-state index in [0.29, 0.717) is 0 Å². The van der Waals surface area contributed by atoms with Gasteiger partial charge in [-0.05, 0) is 0 Å². The molecule has 0 aromatic rings. The van der Waals surface area contributed by atoms with Crippen molar-refractivity contribution in [3.05, 3.63) is 0 Å². The minimum Gasteiger partial charge on any atom is 0.316 e. The van der Waals surface area contributed by atoms with Crippen molar-refractivity contribution in [1.29, 1.82) is 0 Å². The fourth-order valence-electron chi connectivity index (χ4n) is 0. The summed E-state index contributed by atoms with van der Waals surface area (Å²) in [6, 6.07) is 0. The molecule has 0 heterocycles. The Morgan fingerprint density at radius 3 is 0.333 bits per heavy atom. The third-order valence-corrected chi connectivity index (χ3v) is 0. The fraction of sp³-hybridized carbons (Fsp3) is 0. The van der Waals surface area contributed by atoms with Crippen LogP contribution in [0.4, 0.5) is 0 Å². The maximum atomic E-state index is 0. The van der Waals surface area contributed by atoms with Crippen LogP contribution in [0.2, 0.25) is 0 Å². The van der Waals surface area contributed by atoms with Crippen molar-refractivity contribution in [1.82, 2.24) is 0 Å². The van der Waals surface area contributed by atoms with E-state index in [4.69, 9.17) is 0 Å². The maximum Gasteiger partial charge on any atom is 0.316 e. The molecule has 0 fully saturated rings. The molecule has 16 N–H and O–H groups in total. The third kappa shape index (κ3) is 299. The van der Waals surface area contributed by atoms with Gasteiger partial charge in [-0.3, -0.25) is 0 Å². The number of hydrogen-bond acceptors (Lipinski definition) is 0. The molecule has 0 saturated heterocycles. The van der Waals surface area contributed by atoms with Gasteiger partial charge >= 0.3 is 60.8 Å². The summed E-state index contributed by atoms with van der Waals surface area (Å²) < 4.78 is 0. The normalized spacial score (nSPS) is 0. The SMILES string of the molecule is Cl.Cl.O.O.O.O.O.O.O.O.[CaH2].[MgH2]. The summed E-state index contributed by atoms with van der Waals surface area (Å²) in [5.41, 5.74) is 0. The Balaban J connectivity index is 0. The van der Waals surface area contributed by atoms with E-state index >= 15 is 0 Å². The molecule has 0 saturated carbocycles. The molecule has 0 spiro atoms. The summed E-state index contributed by atoms with van der Waals surface area (Å²) in [5, 5.41) is 0. The Labute approximate surface area is 128 Å². The van der Waals surface area contributed by atoms with Crippen LogP contribution in [-0.4, -0.2) is 105 Å². The Kier molecular flexibility index (Phi) is 15400. The summed E-state index contributed by atoms with van der Waals surface area (Å²) in [5.74, 6) is 0.